The molecule has 176 valence electrons. The summed E-state index contributed by atoms with van der Waals surface area (Å²) in [6.45, 7) is 14.5. The van der Waals surface area contributed by atoms with Gasteiger partial charge in [-0.2, -0.15) is 0 Å². The van der Waals surface area contributed by atoms with Gasteiger partial charge in [0.25, 0.3) is 5.91 Å². The number of carbonyl (C=O) groups excluding carboxylic acids is 1. The van der Waals surface area contributed by atoms with E-state index < -0.39 is 0 Å². The molecule has 1 heterocycles. The fourth-order valence-electron chi connectivity index (χ4n) is 3.47. The summed E-state index contributed by atoms with van der Waals surface area (Å²) in [4.78, 5) is 19.3. The maximum Gasteiger partial charge on any atom is 0.271 e. The van der Waals surface area contributed by atoms with Crippen LogP contribution in [-0.2, 0) is 25.0 Å². The molecule has 0 radical (unpaired) electrons. The SMILES string of the molecule is CC(C)(C)NC(=O)c1csc(CN(Cc2ccc(F)cc2)Cc2ccc(C(C)(C)C)cc2)n1. The van der Waals surface area contributed by atoms with Crippen LogP contribution in [0.1, 0.15) is 73.7 Å². The minimum Gasteiger partial charge on any atom is -0.346 e. The van der Waals surface area contributed by atoms with E-state index in [0.717, 1.165) is 17.1 Å². The van der Waals surface area contributed by atoms with Crippen LogP contribution in [0.3, 0.4) is 0 Å². The van der Waals surface area contributed by atoms with Crippen LogP contribution >= 0.6 is 11.3 Å². The smallest absolute Gasteiger partial charge is 0.271 e. The number of halogens is 1. The van der Waals surface area contributed by atoms with Crippen LogP contribution in [0.4, 0.5) is 4.39 Å². The standard InChI is InChI=1S/C27H34FN3OS/c1-26(2,3)21-11-7-19(8-12-21)15-31(16-20-9-13-22(28)14-10-20)17-24-29-23(18-33-24)25(32)30-27(4,5)6/h7-14,18H,15-17H2,1-6H3,(H,30,32). The Hall–Kier alpha value is -2.57. The fourth-order valence-corrected chi connectivity index (χ4v) is 4.28. The second-order valence-corrected chi connectivity index (χ2v) is 11.5. The zero-order valence-corrected chi connectivity index (χ0v) is 21.2. The summed E-state index contributed by atoms with van der Waals surface area (Å²) in [5, 5.41) is 5.65. The van der Waals surface area contributed by atoms with Crippen LogP contribution in [0.25, 0.3) is 0 Å². The molecule has 4 nitrogen and oxygen atoms in total. The highest BCUT2D eigenvalue weighted by molar-refractivity contribution is 7.09. The molecule has 1 amide bonds. The summed E-state index contributed by atoms with van der Waals surface area (Å²) in [6, 6.07) is 15.3. The number of carbonyl (C=O) groups is 1. The molecule has 3 aromatic rings. The largest absolute Gasteiger partial charge is 0.346 e. The Balaban J connectivity index is 1.77. The van der Waals surface area contributed by atoms with E-state index in [4.69, 9.17) is 0 Å². The number of amides is 1. The molecule has 33 heavy (non-hydrogen) atoms. The van der Waals surface area contributed by atoms with E-state index in [2.05, 4.69) is 60.2 Å². The molecule has 0 saturated carbocycles. The van der Waals surface area contributed by atoms with Gasteiger partial charge < -0.3 is 5.32 Å². The van der Waals surface area contributed by atoms with Crippen LogP contribution in [0, 0.1) is 5.82 Å². The van der Waals surface area contributed by atoms with Gasteiger partial charge in [0.15, 0.2) is 0 Å². The molecule has 0 aliphatic carbocycles. The van der Waals surface area contributed by atoms with Crippen LogP contribution in [0.2, 0.25) is 0 Å². The molecule has 1 N–H and O–H groups in total. The first kappa shape index (κ1) is 25.1. The Morgan fingerprint density at radius 2 is 1.45 bits per heavy atom. The summed E-state index contributed by atoms with van der Waals surface area (Å²) < 4.78 is 13.4. The van der Waals surface area contributed by atoms with Gasteiger partial charge in [-0.15, -0.1) is 11.3 Å². The van der Waals surface area contributed by atoms with Gasteiger partial charge >= 0.3 is 0 Å². The Kier molecular flexibility index (Phi) is 7.70. The minimum absolute atomic E-state index is 0.108. The lowest BCUT2D eigenvalue weighted by atomic mass is 9.87. The van der Waals surface area contributed by atoms with Crippen molar-refractivity contribution < 1.29 is 9.18 Å². The molecule has 3 rings (SSSR count). The number of aromatic nitrogens is 1. The van der Waals surface area contributed by atoms with Gasteiger partial charge in [-0.3, -0.25) is 9.69 Å². The predicted octanol–water partition coefficient (Wildman–Crippen LogP) is 6.31. The molecule has 2 aromatic carbocycles. The lowest BCUT2D eigenvalue weighted by Gasteiger charge is -2.23. The number of benzene rings is 2. The van der Waals surface area contributed by atoms with Crippen molar-refractivity contribution in [2.75, 3.05) is 0 Å². The second-order valence-electron chi connectivity index (χ2n) is 10.5. The first-order valence-corrected chi connectivity index (χ1v) is 12.1. The van der Waals surface area contributed by atoms with E-state index in [-0.39, 0.29) is 22.7 Å². The summed E-state index contributed by atoms with van der Waals surface area (Å²) in [5.41, 5.74) is 3.77. The molecular weight excluding hydrogens is 433 g/mol. The first-order chi connectivity index (χ1) is 15.4. The van der Waals surface area contributed by atoms with Gasteiger partial charge in [0.2, 0.25) is 0 Å². The van der Waals surface area contributed by atoms with Crippen LogP contribution in [-0.4, -0.2) is 21.3 Å². The first-order valence-electron chi connectivity index (χ1n) is 11.2. The van der Waals surface area contributed by atoms with Crippen molar-refractivity contribution in [3.8, 4) is 0 Å². The van der Waals surface area contributed by atoms with Gasteiger partial charge in [-0.1, -0.05) is 57.2 Å². The summed E-state index contributed by atoms with van der Waals surface area (Å²) >= 11 is 1.49. The average Bonchev–Trinajstić information content (AvgIpc) is 3.17. The molecule has 0 fully saturated rings. The molecule has 0 unspecified atom stereocenters. The number of thiazole rings is 1. The number of rotatable bonds is 7. The maximum atomic E-state index is 13.4. The molecule has 0 aliphatic heterocycles. The van der Waals surface area contributed by atoms with E-state index in [9.17, 15) is 9.18 Å². The van der Waals surface area contributed by atoms with Gasteiger partial charge in [-0.05, 0) is 55.0 Å². The zero-order valence-electron chi connectivity index (χ0n) is 20.4. The summed E-state index contributed by atoms with van der Waals surface area (Å²) in [5.74, 6) is -0.398. The monoisotopic (exact) mass is 467 g/mol. The van der Waals surface area contributed by atoms with Gasteiger partial charge in [-0.25, -0.2) is 9.37 Å². The lowest BCUT2D eigenvalue weighted by molar-refractivity contribution is 0.0914. The van der Waals surface area contributed by atoms with Crippen molar-refractivity contribution >= 4 is 17.2 Å². The van der Waals surface area contributed by atoms with E-state index in [1.807, 2.05) is 38.3 Å². The van der Waals surface area contributed by atoms with Crippen LogP contribution in [0.5, 0.6) is 0 Å². The lowest BCUT2D eigenvalue weighted by Crippen LogP contribution is -2.40. The molecule has 0 aliphatic rings. The zero-order chi connectivity index (χ0) is 24.2. The molecular formula is C27H34FN3OS. The topological polar surface area (TPSA) is 45.2 Å². The van der Waals surface area contributed by atoms with Crippen LogP contribution < -0.4 is 5.32 Å². The van der Waals surface area contributed by atoms with Crippen LogP contribution in [0.15, 0.2) is 53.9 Å². The Bertz CT molecular complexity index is 1060. The average molecular weight is 468 g/mol. The van der Waals surface area contributed by atoms with Crippen molar-refractivity contribution in [1.82, 2.24) is 15.2 Å². The molecule has 0 spiro atoms. The Labute approximate surface area is 200 Å². The van der Waals surface area contributed by atoms with Crippen molar-refractivity contribution in [3.63, 3.8) is 0 Å². The normalized spacial score (nSPS) is 12.2. The molecule has 1 aromatic heterocycles. The highest BCUT2D eigenvalue weighted by atomic mass is 32.1. The van der Waals surface area contributed by atoms with Crippen molar-refractivity contribution in [1.29, 1.82) is 0 Å². The third kappa shape index (κ3) is 7.76. The molecule has 0 bridgehead atoms. The Morgan fingerprint density at radius 3 is 1.97 bits per heavy atom. The maximum absolute atomic E-state index is 13.4. The highest BCUT2D eigenvalue weighted by Crippen LogP contribution is 2.23. The molecule has 0 saturated heterocycles. The Morgan fingerprint density at radius 1 is 0.909 bits per heavy atom. The number of nitrogens with zero attached hydrogens (tertiary/aromatic N) is 2. The fraction of sp³-hybridized carbons (Fsp3) is 0.407. The second kappa shape index (κ2) is 10.1. The minimum atomic E-state index is -0.311. The summed E-state index contributed by atoms with van der Waals surface area (Å²) in [6.07, 6.45) is 0. The number of nitrogens with one attached hydrogen (secondary N) is 1. The van der Waals surface area contributed by atoms with Gasteiger partial charge in [0.05, 0.1) is 6.54 Å². The molecule has 6 heteroatoms. The predicted molar refractivity (Wildman–Crippen MR) is 134 cm³/mol. The van der Waals surface area contributed by atoms with E-state index in [1.54, 1.807) is 0 Å². The van der Waals surface area contributed by atoms with Gasteiger partial charge in [0.1, 0.15) is 16.5 Å². The summed E-state index contributed by atoms with van der Waals surface area (Å²) in [7, 11) is 0. The van der Waals surface area contributed by atoms with Crippen molar-refractivity contribution in [2.45, 2.75) is 72.1 Å². The third-order valence-electron chi connectivity index (χ3n) is 5.18. The van der Waals surface area contributed by atoms with E-state index in [0.29, 0.717) is 18.8 Å². The number of hydrogen-bond acceptors (Lipinski definition) is 4. The number of hydrogen-bond donors (Lipinski definition) is 1. The van der Waals surface area contributed by atoms with Crippen molar-refractivity contribution in [2.24, 2.45) is 0 Å². The third-order valence-corrected chi connectivity index (χ3v) is 6.01. The van der Waals surface area contributed by atoms with E-state index in [1.165, 1.54) is 34.6 Å². The van der Waals surface area contributed by atoms with Crippen molar-refractivity contribution in [3.05, 3.63) is 87.1 Å². The highest BCUT2D eigenvalue weighted by Gasteiger charge is 2.19. The molecule has 0 atom stereocenters. The van der Waals surface area contributed by atoms with E-state index >= 15 is 0 Å². The van der Waals surface area contributed by atoms with Gasteiger partial charge in [0, 0.05) is 24.0 Å². The quantitative estimate of drug-likeness (QED) is 0.443.